The first-order valence-corrected chi connectivity index (χ1v) is 7.76. The summed E-state index contributed by atoms with van der Waals surface area (Å²) in [7, 11) is -3.51. The number of methoxy groups -OCH3 is 1. The normalized spacial score (nSPS) is 12.1. The van der Waals surface area contributed by atoms with E-state index in [1.165, 1.54) is 0 Å². The molecule has 1 N–H and O–H groups in total. The van der Waals surface area contributed by atoms with Crippen molar-refractivity contribution in [2.75, 3.05) is 11.8 Å². The molecule has 2 aromatic carbocycles. The zero-order valence-electron chi connectivity index (χ0n) is 12.0. The van der Waals surface area contributed by atoms with Crippen molar-refractivity contribution >= 4 is 15.7 Å². The lowest BCUT2D eigenvalue weighted by Crippen LogP contribution is -2.16. The third-order valence-corrected chi connectivity index (χ3v) is 4.36. The number of alkyl halides is 3. The van der Waals surface area contributed by atoms with Crippen LogP contribution in [0.1, 0.15) is 5.56 Å². The van der Waals surface area contributed by atoms with Gasteiger partial charge < -0.3 is 4.74 Å². The molecule has 0 bridgehead atoms. The van der Waals surface area contributed by atoms with Crippen LogP contribution in [0, 0.1) is 11.6 Å². The van der Waals surface area contributed by atoms with Crippen LogP contribution in [0.4, 0.5) is 27.6 Å². The van der Waals surface area contributed by atoms with E-state index in [-0.39, 0.29) is 0 Å². The molecule has 0 heterocycles. The quantitative estimate of drug-likeness (QED) is 0.837. The van der Waals surface area contributed by atoms with Crippen molar-refractivity contribution in [3.63, 3.8) is 0 Å². The lowest BCUT2D eigenvalue weighted by Gasteiger charge is -2.14. The number of hydrogen-bond acceptors (Lipinski definition) is 3. The van der Waals surface area contributed by atoms with Gasteiger partial charge in [-0.15, -0.1) is 0 Å². The highest BCUT2D eigenvalue weighted by Gasteiger charge is 2.35. The molecule has 0 spiro atoms. The molecular weight excluding hydrogens is 357 g/mol. The average Bonchev–Trinajstić information content (AvgIpc) is 2.45. The Morgan fingerprint density at radius 3 is 2.25 bits per heavy atom. The molecule has 0 aliphatic heterocycles. The number of nitrogens with one attached hydrogen (secondary N) is 1. The zero-order valence-corrected chi connectivity index (χ0v) is 12.8. The topological polar surface area (TPSA) is 55.4 Å². The Kier molecular flexibility index (Phi) is 4.70. The summed E-state index contributed by atoms with van der Waals surface area (Å²) in [6, 6.07) is 4.18. The van der Waals surface area contributed by atoms with Crippen molar-refractivity contribution in [2.24, 2.45) is 0 Å². The van der Waals surface area contributed by atoms with Crippen LogP contribution in [0.2, 0.25) is 0 Å². The summed E-state index contributed by atoms with van der Waals surface area (Å²) in [6.45, 7) is 0. The number of hydrogen-bond donors (Lipinski definition) is 1. The Hall–Kier alpha value is -2.36. The average molecular weight is 367 g/mol. The van der Waals surface area contributed by atoms with Crippen molar-refractivity contribution in [3.8, 4) is 5.75 Å². The van der Waals surface area contributed by atoms with Gasteiger partial charge in [0.1, 0.15) is 22.3 Å². The van der Waals surface area contributed by atoms with Gasteiger partial charge in [-0.05, 0) is 30.3 Å². The van der Waals surface area contributed by atoms with Gasteiger partial charge in [0.2, 0.25) is 0 Å². The number of benzene rings is 2. The summed E-state index contributed by atoms with van der Waals surface area (Å²) < 4.78 is 95.7. The minimum atomic E-state index is -4.78. The van der Waals surface area contributed by atoms with Gasteiger partial charge in [-0.2, -0.15) is 13.2 Å². The van der Waals surface area contributed by atoms with E-state index in [9.17, 15) is 30.4 Å². The van der Waals surface area contributed by atoms with Crippen molar-refractivity contribution in [3.05, 3.63) is 53.6 Å². The second kappa shape index (κ2) is 6.27. The molecule has 0 saturated carbocycles. The summed E-state index contributed by atoms with van der Waals surface area (Å²) in [5.74, 6) is -2.86. The number of rotatable bonds is 4. The maximum absolute atomic E-state index is 13.6. The Balaban J connectivity index is 2.43. The Morgan fingerprint density at radius 1 is 1.04 bits per heavy atom. The molecule has 0 aliphatic carbocycles. The van der Waals surface area contributed by atoms with Crippen molar-refractivity contribution in [1.29, 1.82) is 0 Å². The largest absolute Gasteiger partial charge is 0.496 e. The first-order valence-electron chi connectivity index (χ1n) is 6.27. The highest BCUT2D eigenvalue weighted by Crippen LogP contribution is 2.38. The van der Waals surface area contributed by atoms with Crippen molar-refractivity contribution in [2.45, 2.75) is 11.1 Å². The van der Waals surface area contributed by atoms with E-state index in [1.54, 1.807) is 0 Å². The lowest BCUT2D eigenvalue weighted by atomic mass is 10.1. The van der Waals surface area contributed by atoms with E-state index >= 15 is 0 Å². The van der Waals surface area contributed by atoms with Crippen molar-refractivity contribution in [1.82, 2.24) is 0 Å². The lowest BCUT2D eigenvalue weighted by molar-refractivity contribution is -0.138. The molecule has 2 rings (SSSR count). The maximum Gasteiger partial charge on any atom is 0.420 e. The van der Waals surface area contributed by atoms with Crippen LogP contribution < -0.4 is 9.46 Å². The molecule has 0 atom stereocenters. The summed E-state index contributed by atoms with van der Waals surface area (Å²) in [5.41, 5.74) is -1.66. The molecule has 0 amide bonds. The van der Waals surface area contributed by atoms with E-state index in [2.05, 4.69) is 4.74 Å². The predicted molar refractivity (Wildman–Crippen MR) is 75.2 cm³/mol. The number of halogens is 5. The van der Waals surface area contributed by atoms with Crippen LogP contribution >= 0.6 is 0 Å². The van der Waals surface area contributed by atoms with Gasteiger partial charge in [-0.25, -0.2) is 17.2 Å². The SMILES string of the molecule is COc1ccc(NS(=O)(=O)c2ccc(F)cc2F)cc1C(F)(F)F. The number of sulfonamides is 1. The third-order valence-electron chi connectivity index (χ3n) is 2.94. The monoisotopic (exact) mass is 367 g/mol. The summed E-state index contributed by atoms with van der Waals surface area (Å²) in [6.07, 6.45) is -4.78. The van der Waals surface area contributed by atoms with E-state index in [4.69, 9.17) is 0 Å². The molecule has 0 radical (unpaired) electrons. The summed E-state index contributed by atoms with van der Waals surface area (Å²) in [5, 5.41) is 0. The molecule has 24 heavy (non-hydrogen) atoms. The van der Waals surface area contributed by atoms with Gasteiger partial charge in [-0.3, -0.25) is 4.72 Å². The summed E-state index contributed by atoms with van der Waals surface area (Å²) >= 11 is 0. The molecule has 0 saturated heterocycles. The van der Waals surface area contributed by atoms with Crippen LogP contribution in [0.25, 0.3) is 0 Å². The van der Waals surface area contributed by atoms with E-state index in [0.717, 1.165) is 19.2 Å². The van der Waals surface area contributed by atoms with E-state index < -0.39 is 49.7 Å². The van der Waals surface area contributed by atoms with Crippen LogP contribution in [-0.4, -0.2) is 15.5 Å². The number of ether oxygens (including phenoxy) is 1. The first kappa shape index (κ1) is 18.0. The Bertz CT molecular complexity index is 865. The van der Waals surface area contributed by atoms with Gasteiger partial charge in [-0.1, -0.05) is 0 Å². The molecule has 0 aliphatic rings. The van der Waals surface area contributed by atoms with Crippen LogP contribution in [-0.2, 0) is 16.2 Å². The zero-order chi connectivity index (χ0) is 18.1. The van der Waals surface area contributed by atoms with Crippen LogP contribution in [0.15, 0.2) is 41.3 Å². The fourth-order valence-corrected chi connectivity index (χ4v) is 3.01. The van der Waals surface area contributed by atoms with Crippen LogP contribution in [0.5, 0.6) is 5.75 Å². The van der Waals surface area contributed by atoms with Crippen LogP contribution in [0.3, 0.4) is 0 Å². The highest BCUT2D eigenvalue weighted by molar-refractivity contribution is 7.92. The van der Waals surface area contributed by atoms with Gasteiger partial charge in [0, 0.05) is 11.8 Å². The van der Waals surface area contributed by atoms with E-state index in [1.807, 2.05) is 4.72 Å². The summed E-state index contributed by atoms with van der Waals surface area (Å²) in [4.78, 5) is -0.895. The minimum Gasteiger partial charge on any atom is -0.496 e. The number of anilines is 1. The highest BCUT2D eigenvalue weighted by atomic mass is 32.2. The molecular formula is C14H10F5NO3S. The molecule has 10 heteroatoms. The molecule has 2 aromatic rings. The molecule has 0 unspecified atom stereocenters. The minimum absolute atomic E-state index is 0.351. The fourth-order valence-electron chi connectivity index (χ4n) is 1.90. The Labute approximate surface area is 133 Å². The fraction of sp³-hybridized carbons (Fsp3) is 0.143. The standard InChI is InChI=1S/C14H10F5NO3S/c1-23-12-4-3-9(7-10(12)14(17,18)19)20-24(21,22)13-5-2-8(15)6-11(13)16/h2-7,20H,1H3. The molecule has 0 aromatic heterocycles. The first-order chi connectivity index (χ1) is 11.0. The smallest absolute Gasteiger partial charge is 0.420 e. The van der Waals surface area contributed by atoms with E-state index in [0.29, 0.717) is 24.3 Å². The maximum atomic E-state index is 13.6. The molecule has 130 valence electrons. The molecule has 0 fully saturated rings. The van der Waals surface area contributed by atoms with Gasteiger partial charge >= 0.3 is 6.18 Å². The van der Waals surface area contributed by atoms with Gasteiger partial charge in [0.25, 0.3) is 10.0 Å². The van der Waals surface area contributed by atoms with Gasteiger partial charge in [0.05, 0.1) is 12.7 Å². The second-order valence-electron chi connectivity index (χ2n) is 4.59. The molecule has 4 nitrogen and oxygen atoms in total. The Morgan fingerprint density at radius 2 is 1.71 bits per heavy atom. The third kappa shape index (κ3) is 3.75. The predicted octanol–water partition coefficient (Wildman–Crippen LogP) is 3.79. The van der Waals surface area contributed by atoms with Gasteiger partial charge in [0.15, 0.2) is 0 Å². The second-order valence-corrected chi connectivity index (χ2v) is 6.24. The van der Waals surface area contributed by atoms with Crippen molar-refractivity contribution < 1.29 is 35.1 Å².